The van der Waals surface area contributed by atoms with Gasteiger partial charge in [0, 0.05) is 34.1 Å². The molecule has 0 aromatic rings. The zero-order chi connectivity index (χ0) is 22.0. The zero-order valence-electron chi connectivity index (χ0n) is 10.8. The Bertz CT molecular complexity index is 192. The molecule has 0 aromatic carbocycles. The van der Waals surface area contributed by atoms with Crippen molar-refractivity contribution < 1.29 is 85.5 Å². The summed E-state index contributed by atoms with van der Waals surface area (Å²) in [6.07, 6.45) is 0. The molecular formula is C11HMn2O11-. The molecule has 0 aliphatic rings. The molecule has 0 bridgehead atoms. The second kappa shape index (κ2) is 2390. The van der Waals surface area contributed by atoms with Gasteiger partial charge < -0.3 is 4.79 Å². The molecule has 0 rings (SSSR count). The van der Waals surface area contributed by atoms with Crippen molar-refractivity contribution in [2.24, 2.45) is 0 Å². The van der Waals surface area contributed by atoms with Crippen molar-refractivity contribution in [2.75, 3.05) is 0 Å². The summed E-state index contributed by atoms with van der Waals surface area (Å²) in [4.78, 5) is 7.75. The predicted molar refractivity (Wildman–Crippen MR) is 46.0 cm³/mol. The van der Waals surface area contributed by atoms with Crippen molar-refractivity contribution in [3.05, 3.63) is 66.5 Å². The van der Waals surface area contributed by atoms with E-state index in [1.54, 1.807) is 0 Å². The number of carbonyl (C=O) groups excluding carboxylic acids is 1. The van der Waals surface area contributed by atoms with E-state index in [0.717, 1.165) is 0 Å². The maximum absolute atomic E-state index is 7.75. The van der Waals surface area contributed by atoms with Crippen LogP contribution in [0, 0.1) is 66.5 Å². The topological polar surface area (TPSA) is 216 Å². The number of rotatable bonds is 0. The van der Waals surface area contributed by atoms with E-state index in [-0.39, 0.29) is 34.1 Å². The van der Waals surface area contributed by atoms with Gasteiger partial charge in [0.25, 0.3) is 0 Å². The van der Waals surface area contributed by atoms with E-state index in [1.165, 1.54) is 0 Å². The first-order chi connectivity index (χ1) is 11.0. The molecule has 0 N–H and O–H groups in total. The molecule has 24 heavy (non-hydrogen) atoms. The Balaban J connectivity index is -0.00000000500. The SMILES string of the molecule is [C-]#[O+].[C-]#[O+].[C-]#[O+].[C-]#[O+].[C-]#[O+].[C-]#[O+].[C-]#[O+].[C-]#[O+].[C-]#[O+].[C-]#[O+].[CH-]=O.[Mn].[Mn]. The molecule has 0 unspecified atom stereocenters. The summed E-state index contributed by atoms with van der Waals surface area (Å²) in [5, 5.41) is 0. The average molecular weight is 419 g/mol. The molecule has 2 radical (unpaired) electrons. The Kier molecular flexibility index (Phi) is 11800. The van der Waals surface area contributed by atoms with E-state index in [2.05, 4.69) is 73.3 Å². The fraction of sp³-hybridized carbons (Fsp3) is 0. The normalized spacial score (nSPS) is 1.00. The summed E-state index contributed by atoms with van der Waals surface area (Å²) in [5.74, 6) is 0. The van der Waals surface area contributed by atoms with Gasteiger partial charge in [0.15, 0.2) is 0 Å². The molecule has 0 fully saturated rings. The molecular weight excluding hydrogens is 418 g/mol. The molecule has 13 heteroatoms. The molecule has 126 valence electrons. The number of hydrogen-bond acceptors (Lipinski definition) is 1. The average Bonchev–Trinajstić information content (AvgIpc) is 2.78. The minimum atomic E-state index is 0. The quantitative estimate of drug-likeness (QED) is 0.213. The van der Waals surface area contributed by atoms with E-state index in [1.807, 2.05) is 0 Å². The summed E-state index contributed by atoms with van der Waals surface area (Å²) < 4.78 is 75.0. The van der Waals surface area contributed by atoms with Gasteiger partial charge in [0.2, 0.25) is 0 Å². The van der Waals surface area contributed by atoms with Gasteiger partial charge in [0.1, 0.15) is 0 Å². The van der Waals surface area contributed by atoms with Gasteiger partial charge in [0.05, 0.1) is 0 Å². The second-order valence-electron chi connectivity index (χ2n) is 0. The summed E-state index contributed by atoms with van der Waals surface area (Å²) in [5.41, 5.74) is 0. The Labute approximate surface area is 159 Å². The summed E-state index contributed by atoms with van der Waals surface area (Å²) >= 11 is 0. The minimum absolute atomic E-state index is 0. The van der Waals surface area contributed by atoms with Gasteiger partial charge in [-0.2, -0.15) is 0 Å². The van der Waals surface area contributed by atoms with Gasteiger partial charge in [-0.15, -0.1) is 0 Å². The van der Waals surface area contributed by atoms with Crippen molar-refractivity contribution in [1.82, 2.24) is 0 Å². The van der Waals surface area contributed by atoms with Crippen LogP contribution in [0.3, 0.4) is 0 Å². The molecule has 0 aromatic heterocycles. The first-order valence-electron chi connectivity index (χ1n) is 2.28. The molecule has 0 saturated heterocycles. The van der Waals surface area contributed by atoms with Gasteiger partial charge in [-0.3, -0.25) is 6.79 Å². The van der Waals surface area contributed by atoms with Crippen molar-refractivity contribution in [1.29, 1.82) is 0 Å². The van der Waals surface area contributed by atoms with E-state index in [0.29, 0.717) is 0 Å². The molecule has 11 nitrogen and oxygen atoms in total. The van der Waals surface area contributed by atoms with Crippen LogP contribution in [0.4, 0.5) is 0 Å². The third-order valence-electron chi connectivity index (χ3n) is 0. The molecule has 0 saturated carbocycles. The van der Waals surface area contributed by atoms with Crippen LogP contribution in [0.1, 0.15) is 0 Å². The summed E-state index contributed by atoms with van der Waals surface area (Å²) in [6, 6.07) is 0. The summed E-state index contributed by atoms with van der Waals surface area (Å²) in [6.45, 7) is 48.2. The first kappa shape index (κ1) is 119. The molecule has 0 amide bonds. The van der Waals surface area contributed by atoms with Gasteiger partial charge in [-0.1, -0.05) is 0 Å². The van der Waals surface area contributed by atoms with Crippen LogP contribution >= 0.6 is 0 Å². The molecule has 0 aliphatic heterocycles. The standard InChI is InChI=1S/CHO.10CO.2Mn/c11*1-2;;/h1H;;;;;;;;;;;;/q-1;;;;;;;;;;;;. The minimum Gasteiger partial charge on any atom is -0.545 e. The third kappa shape index (κ3) is 2050. The van der Waals surface area contributed by atoms with Crippen LogP contribution in [0.5, 0.6) is 0 Å². The predicted octanol–water partition coefficient (Wildman–Crippen LogP) is -0.654. The van der Waals surface area contributed by atoms with Crippen molar-refractivity contribution >= 4 is 6.79 Å². The monoisotopic (exact) mass is 419 g/mol. The van der Waals surface area contributed by atoms with Crippen LogP contribution in [0.25, 0.3) is 0 Å². The fourth-order valence-electron chi connectivity index (χ4n) is 0. The van der Waals surface area contributed by atoms with Crippen LogP contribution in [-0.4, -0.2) is 6.79 Å². The van der Waals surface area contributed by atoms with Crippen LogP contribution in [-0.2, 0) is 85.5 Å². The smallest absolute Gasteiger partial charge is 0 e. The van der Waals surface area contributed by atoms with Gasteiger partial charge in [-0.05, 0) is 0 Å². The molecule has 0 atom stereocenters. The van der Waals surface area contributed by atoms with Crippen LogP contribution in [0.2, 0.25) is 0 Å². The van der Waals surface area contributed by atoms with Crippen molar-refractivity contribution in [3.8, 4) is 0 Å². The fourth-order valence-corrected chi connectivity index (χ4v) is 0. The van der Waals surface area contributed by atoms with E-state index in [9.17, 15) is 0 Å². The van der Waals surface area contributed by atoms with Gasteiger partial charge in [-0.25, -0.2) is 0 Å². The second-order valence-corrected chi connectivity index (χ2v) is 0. The first-order valence-corrected chi connectivity index (χ1v) is 2.28. The molecule has 0 aliphatic carbocycles. The van der Waals surface area contributed by atoms with E-state index in [4.69, 9.17) is 51.3 Å². The maximum Gasteiger partial charge on any atom is 0 e. The van der Waals surface area contributed by atoms with Crippen molar-refractivity contribution in [3.63, 3.8) is 0 Å². The Morgan fingerprint density at radius 2 is 0.292 bits per heavy atom. The maximum atomic E-state index is 7.75. The zero-order valence-corrected chi connectivity index (χ0v) is 13.2. The Morgan fingerprint density at radius 1 is 0.292 bits per heavy atom. The third-order valence-corrected chi connectivity index (χ3v) is 0. The summed E-state index contributed by atoms with van der Waals surface area (Å²) in [7, 11) is 0. The number of hydrogen-bond donors (Lipinski definition) is 0. The van der Waals surface area contributed by atoms with E-state index < -0.39 is 0 Å². The van der Waals surface area contributed by atoms with Crippen LogP contribution < -0.4 is 0 Å². The van der Waals surface area contributed by atoms with Crippen molar-refractivity contribution in [2.45, 2.75) is 0 Å². The van der Waals surface area contributed by atoms with E-state index >= 15 is 0 Å². The van der Waals surface area contributed by atoms with Gasteiger partial charge >= 0.3 is 113 Å². The van der Waals surface area contributed by atoms with Crippen LogP contribution in [0.15, 0.2) is 0 Å². The Hall–Kier alpha value is -1.89. The molecule has 0 heterocycles. The Morgan fingerprint density at radius 3 is 0.292 bits per heavy atom. The largest absolute Gasteiger partial charge is 0.545 e. The molecule has 0 spiro atoms.